The Hall–Kier alpha value is -4.08. The lowest BCUT2D eigenvalue weighted by Gasteiger charge is -2.19. The van der Waals surface area contributed by atoms with Crippen LogP contribution in [0.2, 0.25) is 0 Å². The first-order valence-corrected chi connectivity index (χ1v) is 11.1. The molecule has 0 radical (unpaired) electrons. The van der Waals surface area contributed by atoms with Gasteiger partial charge in [0.2, 0.25) is 5.91 Å². The number of halogens is 3. The van der Waals surface area contributed by atoms with Crippen molar-refractivity contribution in [2.24, 2.45) is 0 Å². The number of alkyl halides is 3. The minimum Gasteiger partial charge on any atom is -0.376 e. The number of amides is 1. The molecule has 0 spiro atoms. The molecule has 1 aromatic carbocycles. The van der Waals surface area contributed by atoms with E-state index in [0.29, 0.717) is 57.7 Å². The van der Waals surface area contributed by atoms with E-state index < -0.39 is 11.7 Å². The van der Waals surface area contributed by atoms with Crippen LogP contribution in [0.3, 0.4) is 0 Å². The van der Waals surface area contributed by atoms with Crippen LogP contribution >= 0.6 is 0 Å². The number of carbonyl (C=O) groups excluding carboxylic acids is 2. The normalized spacial score (nSPS) is 16.3. The molecule has 10 heteroatoms. The summed E-state index contributed by atoms with van der Waals surface area (Å²) in [6.45, 7) is 2.35. The molecule has 1 N–H and O–H groups in total. The summed E-state index contributed by atoms with van der Waals surface area (Å²) in [7, 11) is 0. The number of nitrogens with zero attached hydrogens (tertiary/aromatic N) is 4. The van der Waals surface area contributed by atoms with Gasteiger partial charge in [-0.05, 0) is 29.8 Å². The summed E-state index contributed by atoms with van der Waals surface area (Å²) in [4.78, 5) is 31.0. The van der Waals surface area contributed by atoms with Crippen LogP contribution in [0.4, 0.5) is 13.2 Å². The number of ketones is 1. The molecule has 0 unspecified atom stereocenters. The van der Waals surface area contributed by atoms with Crippen molar-refractivity contribution in [3.8, 4) is 0 Å². The molecule has 2 aliphatic heterocycles. The fourth-order valence-corrected chi connectivity index (χ4v) is 5.07. The lowest BCUT2D eigenvalue weighted by molar-refractivity contribution is -0.137. The largest absolute Gasteiger partial charge is 0.416 e. The predicted octanol–water partition coefficient (Wildman–Crippen LogP) is 3.71. The third-order valence-corrected chi connectivity index (χ3v) is 6.69. The molecule has 3 aromatic heterocycles. The Balaban J connectivity index is 1.63. The number of pyridine rings is 1. The molecule has 0 saturated heterocycles. The van der Waals surface area contributed by atoms with Crippen LogP contribution in [0.1, 0.15) is 29.3 Å². The van der Waals surface area contributed by atoms with Gasteiger partial charge in [0.05, 0.1) is 40.8 Å². The molecule has 0 atom stereocenters. The van der Waals surface area contributed by atoms with Gasteiger partial charge >= 0.3 is 6.18 Å². The number of rotatable bonds is 2. The number of aromatic nitrogens is 3. The number of imidazole rings is 1. The predicted molar refractivity (Wildman–Crippen MR) is 123 cm³/mol. The van der Waals surface area contributed by atoms with Gasteiger partial charge in [-0.1, -0.05) is 6.07 Å². The van der Waals surface area contributed by atoms with Crippen LogP contribution < -0.4 is 5.32 Å². The van der Waals surface area contributed by atoms with Gasteiger partial charge in [-0.3, -0.25) is 14.0 Å². The zero-order chi connectivity index (χ0) is 24.5. The highest BCUT2D eigenvalue weighted by atomic mass is 19.4. The molecule has 178 valence electrons. The van der Waals surface area contributed by atoms with E-state index in [9.17, 15) is 22.8 Å². The maximum Gasteiger partial charge on any atom is 0.416 e. The summed E-state index contributed by atoms with van der Waals surface area (Å²) in [5.41, 5.74) is 2.92. The second kappa shape index (κ2) is 7.46. The number of hydrogen-bond acceptors (Lipinski definition) is 4. The first-order chi connectivity index (χ1) is 16.7. The zero-order valence-electron chi connectivity index (χ0n) is 18.7. The first kappa shape index (κ1) is 21.5. The molecular formula is C25H20F3N5O2. The highest BCUT2D eigenvalue weighted by Gasteiger charge is 2.35. The molecule has 35 heavy (non-hydrogen) atoms. The maximum atomic E-state index is 13.9. The highest BCUT2D eigenvalue weighted by molar-refractivity contribution is 6.32. The molecular weight excluding hydrogens is 459 g/mol. The molecule has 6 rings (SSSR count). The molecule has 0 bridgehead atoms. The molecule has 2 aliphatic rings. The number of fused-ring (bicyclic) bond motifs is 1. The summed E-state index contributed by atoms with van der Waals surface area (Å²) >= 11 is 0. The molecule has 7 nitrogen and oxygen atoms in total. The fraction of sp³-hybridized carbons (Fsp3) is 0.240. The van der Waals surface area contributed by atoms with Crippen molar-refractivity contribution in [3.63, 3.8) is 0 Å². The van der Waals surface area contributed by atoms with E-state index in [2.05, 4.69) is 10.3 Å². The Kier molecular flexibility index (Phi) is 4.57. The van der Waals surface area contributed by atoms with Gasteiger partial charge in [0, 0.05) is 49.9 Å². The minimum atomic E-state index is -4.56. The smallest absolute Gasteiger partial charge is 0.376 e. The van der Waals surface area contributed by atoms with Crippen molar-refractivity contribution in [1.29, 1.82) is 0 Å². The summed E-state index contributed by atoms with van der Waals surface area (Å²) in [6.07, 6.45) is 0.623. The van der Waals surface area contributed by atoms with Crippen LogP contribution in [0.15, 0.2) is 48.9 Å². The standard InChI is InChI=1S/C25H20F3N5O2/c1-14(34)31-6-7-32-13-18(17-9-16(25(26,27)28)8-15(12-31)24(17)32)23-22(20(35)11-30-23)19-10-29-21-4-2-3-5-33(19)21/h2-5,8-10,13,30H,6-7,11-12H2,1H3. The Labute approximate surface area is 197 Å². The fourth-order valence-electron chi connectivity index (χ4n) is 5.07. The topological polar surface area (TPSA) is 71.6 Å². The van der Waals surface area contributed by atoms with Crippen LogP contribution in [0.25, 0.3) is 27.8 Å². The Morgan fingerprint density at radius 3 is 2.77 bits per heavy atom. The van der Waals surface area contributed by atoms with E-state index in [1.54, 1.807) is 27.9 Å². The minimum absolute atomic E-state index is 0.0430. The average molecular weight is 479 g/mol. The summed E-state index contributed by atoms with van der Waals surface area (Å²) in [5, 5.41) is 3.52. The molecule has 4 aromatic rings. The summed E-state index contributed by atoms with van der Waals surface area (Å²) < 4.78 is 45.3. The van der Waals surface area contributed by atoms with Gasteiger partial charge in [-0.15, -0.1) is 0 Å². The van der Waals surface area contributed by atoms with Gasteiger partial charge in [0.25, 0.3) is 0 Å². The number of Topliss-reactive ketones (excluding diaryl/α,β-unsaturated/α-hetero) is 1. The summed E-state index contributed by atoms with van der Waals surface area (Å²) in [5.74, 6) is -0.351. The van der Waals surface area contributed by atoms with Crippen molar-refractivity contribution < 1.29 is 22.8 Å². The molecule has 0 aliphatic carbocycles. The van der Waals surface area contributed by atoms with E-state index >= 15 is 0 Å². The third kappa shape index (κ3) is 3.31. The summed E-state index contributed by atoms with van der Waals surface area (Å²) in [6, 6.07) is 7.74. The van der Waals surface area contributed by atoms with Gasteiger partial charge in [0.1, 0.15) is 5.65 Å². The van der Waals surface area contributed by atoms with Gasteiger partial charge < -0.3 is 14.8 Å². The average Bonchev–Trinajstić information content (AvgIpc) is 3.46. The molecule has 1 amide bonds. The number of benzene rings is 1. The lowest BCUT2D eigenvalue weighted by atomic mass is 9.99. The lowest BCUT2D eigenvalue weighted by Crippen LogP contribution is -2.29. The van der Waals surface area contributed by atoms with Crippen molar-refractivity contribution in [2.45, 2.75) is 26.2 Å². The quantitative estimate of drug-likeness (QED) is 0.476. The van der Waals surface area contributed by atoms with Gasteiger partial charge in [-0.25, -0.2) is 4.98 Å². The van der Waals surface area contributed by atoms with Crippen molar-refractivity contribution in [1.82, 2.24) is 24.2 Å². The Morgan fingerprint density at radius 1 is 1.17 bits per heavy atom. The Bertz CT molecular complexity index is 1580. The first-order valence-electron chi connectivity index (χ1n) is 11.1. The van der Waals surface area contributed by atoms with Crippen LogP contribution in [0.5, 0.6) is 0 Å². The van der Waals surface area contributed by atoms with Crippen molar-refractivity contribution >= 4 is 39.5 Å². The van der Waals surface area contributed by atoms with Gasteiger partial charge in [-0.2, -0.15) is 13.2 Å². The number of hydrogen-bond donors (Lipinski definition) is 1. The monoisotopic (exact) mass is 479 g/mol. The van der Waals surface area contributed by atoms with E-state index in [0.717, 1.165) is 12.1 Å². The number of carbonyl (C=O) groups is 2. The van der Waals surface area contributed by atoms with Crippen LogP contribution in [-0.4, -0.2) is 43.6 Å². The third-order valence-electron chi connectivity index (χ3n) is 6.69. The Morgan fingerprint density at radius 2 is 2.00 bits per heavy atom. The highest BCUT2D eigenvalue weighted by Crippen LogP contribution is 2.40. The maximum absolute atomic E-state index is 13.9. The number of nitrogens with one attached hydrogen (secondary N) is 1. The zero-order valence-corrected chi connectivity index (χ0v) is 18.7. The van der Waals surface area contributed by atoms with Crippen LogP contribution in [-0.2, 0) is 28.9 Å². The van der Waals surface area contributed by atoms with E-state index in [1.807, 2.05) is 22.8 Å². The van der Waals surface area contributed by atoms with E-state index in [4.69, 9.17) is 0 Å². The molecule has 0 fully saturated rings. The second-order valence-electron chi connectivity index (χ2n) is 8.81. The molecule has 0 saturated carbocycles. The second-order valence-corrected chi connectivity index (χ2v) is 8.81. The SMILES string of the molecule is CC(=O)N1CCn2cc(C3=C(c4cnc5ccccn45)C(=O)CN3)c3cc(C(F)(F)F)cc(c32)C1. The van der Waals surface area contributed by atoms with Crippen molar-refractivity contribution in [3.05, 3.63) is 71.3 Å². The van der Waals surface area contributed by atoms with E-state index in [1.165, 1.54) is 6.92 Å². The van der Waals surface area contributed by atoms with Crippen LogP contribution in [0, 0.1) is 0 Å². The van der Waals surface area contributed by atoms with E-state index in [-0.39, 0.29) is 24.8 Å². The van der Waals surface area contributed by atoms with Gasteiger partial charge in [0.15, 0.2) is 5.78 Å². The molecule has 5 heterocycles. The van der Waals surface area contributed by atoms with Crippen molar-refractivity contribution in [2.75, 3.05) is 13.1 Å².